The first-order valence-electron chi connectivity index (χ1n) is 6.86. The maximum atomic E-state index is 12.9. The van der Waals surface area contributed by atoms with Gasteiger partial charge in [-0.3, -0.25) is 0 Å². The molecule has 2 unspecified atom stereocenters. The Morgan fingerprint density at radius 2 is 2.11 bits per heavy atom. The molecule has 0 saturated carbocycles. The first-order valence-corrected chi connectivity index (χ1v) is 6.86. The Hall–Kier alpha value is -0.930. The molecule has 2 atom stereocenters. The molecule has 18 heavy (non-hydrogen) atoms. The molecule has 0 radical (unpaired) electrons. The molecule has 1 aromatic rings. The number of ether oxygens (including phenoxy) is 1. The number of halogens is 1. The Balaban J connectivity index is 1.79. The van der Waals surface area contributed by atoms with Crippen LogP contribution < -0.4 is 5.73 Å². The first kappa shape index (κ1) is 13.5. The van der Waals surface area contributed by atoms with Gasteiger partial charge in [0.15, 0.2) is 0 Å². The van der Waals surface area contributed by atoms with Crippen LogP contribution in [0, 0.1) is 5.82 Å². The van der Waals surface area contributed by atoms with Crippen LogP contribution in [0.15, 0.2) is 24.3 Å². The van der Waals surface area contributed by atoms with E-state index in [4.69, 9.17) is 10.5 Å². The van der Waals surface area contributed by atoms with E-state index in [-0.39, 0.29) is 5.82 Å². The molecule has 0 aliphatic carbocycles. The first-order chi connectivity index (χ1) is 8.79. The van der Waals surface area contributed by atoms with Crippen molar-refractivity contribution >= 4 is 0 Å². The van der Waals surface area contributed by atoms with Gasteiger partial charge in [0.05, 0.1) is 6.10 Å². The van der Waals surface area contributed by atoms with Crippen LogP contribution in [0.4, 0.5) is 4.39 Å². The SMILES string of the molecule is NCC(CCCC1CCCO1)c1ccc(F)cc1. The van der Waals surface area contributed by atoms with Gasteiger partial charge in [-0.1, -0.05) is 18.6 Å². The lowest BCUT2D eigenvalue weighted by Gasteiger charge is -2.16. The Kier molecular flexibility index (Phi) is 5.14. The fraction of sp³-hybridized carbons (Fsp3) is 0.600. The van der Waals surface area contributed by atoms with E-state index in [0.29, 0.717) is 18.6 Å². The van der Waals surface area contributed by atoms with E-state index in [0.717, 1.165) is 31.4 Å². The van der Waals surface area contributed by atoms with Crippen molar-refractivity contribution in [1.29, 1.82) is 0 Å². The lowest BCUT2D eigenvalue weighted by atomic mass is 9.93. The molecule has 0 amide bonds. The van der Waals surface area contributed by atoms with E-state index in [9.17, 15) is 4.39 Å². The van der Waals surface area contributed by atoms with Crippen LogP contribution in [0.5, 0.6) is 0 Å². The highest BCUT2D eigenvalue weighted by molar-refractivity contribution is 5.20. The number of nitrogens with two attached hydrogens (primary N) is 1. The van der Waals surface area contributed by atoms with Gasteiger partial charge in [-0.25, -0.2) is 4.39 Å². The molecule has 1 saturated heterocycles. The summed E-state index contributed by atoms with van der Waals surface area (Å²) >= 11 is 0. The maximum absolute atomic E-state index is 12.9. The number of rotatable bonds is 6. The van der Waals surface area contributed by atoms with Gasteiger partial charge < -0.3 is 10.5 Å². The molecular formula is C15H22FNO. The molecule has 100 valence electrons. The van der Waals surface area contributed by atoms with Crippen molar-refractivity contribution in [2.45, 2.75) is 44.1 Å². The minimum atomic E-state index is -0.186. The number of hydrogen-bond acceptors (Lipinski definition) is 2. The summed E-state index contributed by atoms with van der Waals surface area (Å²) in [4.78, 5) is 0. The molecule has 0 bridgehead atoms. The Labute approximate surface area is 108 Å². The molecule has 0 spiro atoms. The van der Waals surface area contributed by atoms with Gasteiger partial charge >= 0.3 is 0 Å². The lowest BCUT2D eigenvalue weighted by molar-refractivity contribution is 0.101. The van der Waals surface area contributed by atoms with Crippen molar-refractivity contribution in [3.8, 4) is 0 Å². The van der Waals surface area contributed by atoms with Crippen molar-refractivity contribution in [1.82, 2.24) is 0 Å². The largest absolute Gasteiger partial charge is 0.378 e. The van der Waals surface area contributed by atoms with E-state index in [1.54, 1.807) is 0 Å². The van der Waals surface area contributed by atoms with Gasteiger partial charge in [-0.05, 0) is 55.8 Å². The highest BCUT2D eigenvalue weighted by Gasteiger charge is 2.16. The van der Waals surface area contributed by atoms with Crippen LogP contribution in [0.25, 0.3) is 0 Å². The van der Waals surface area contributed by atoms with Crippen LogP contribution in [0.3, 0.4) is 0 Å². The van der Waals surface area contributed by atoms with Gasteiger partial charge in [0, 0.05) is 6.61 Å². The summed E-state index contributed by atoms with van der Waals surface area (Å²) in [5.74, 6) is 0.154. The fourth-order valence-corrected chi connectivity index (χ4v) is 2.62. The zero-order chi connectivity index (χ0) is 12.8. The molecule has 1 aliphatic heterocycles. The Morgan fingerprint density at radius 3 is 2.72 bits per heavy atom. The molecule has 0 aromatic heterocycles. The lowest BCUT2D eigenvalue weighted by Crippen LogP contribution is -2.13. The predicted octanol–water partition coefficient (Wildman–Crippen LogP) is 3.22. The van der Waals surface area contributed by atoms with Gasteiger partial charge in [0.2, 0.25) is 0 Å². The average Bonchev–Trinajstić information content (AvgIpc) is 2.89. The second kappa shape index (κ2) is 6.86. The normalized spacial score (nSPS) is 21.1. The molecule has 2 rings (SSSR count). The summed E-state index contributed by atoms with van der Waals surface area (Å²) in [6, 6.07) is 6.72. The van der Waals surface area contributed by atoms with Gasteiger partial charge in [0.25, 0.3) is 0 Å². The van der Waals surface area contributed by atoms with Gasteiger partial charge in [-0.2, -0.15) is 0 Å². The monoisotopic (exact) mass is 251 g/mol. The molecule has 3 heteroatoms. The Bertz CT molecular complexity index is 346. The van der Waals surface area contributed by atoms with E-state index in [1.807, 2.05) is 12.1 Å². The van der Waals surface area contributed by atoms with E-state index < -0.39 is 0 Å². The van der Waals surface area contributed by atoms with Crippen molar-refractivity contribution in [2.75, 3.05) is 13.2 Å². The topological polar surface area (TPSA) is 35.2 Å². The molecule has 2 N–H and O–H groups in total. The summed E-state index contributed by atoms with van der Waals surface area (Å²) < 4.78 is 18.5. The zero-order valence-electron chi connectivity index (χ0n) is 10.8. The summed E-state index contributed by atoms with van der Waals surface area (Å²) in [5.41, 5.74) is 6.96. The molecule has 1 heterocycles. The molecular weight excluding hydrogens is 229 g/mol. The van der Waals surface area contributed by atoms with Crippen LogP contribution in [0.1, 0.15) is 43.6 Å². The maximum Gasteiger partial charge on any atom is 0.123 e. The zero-order valence-corrected chi connectivity index (χ0v) is 10.8. The molecule has 1 aliphatic rings. The summed E-state index contributed by atoms with van der Waals surface area (Å²) in [7, 11) is 0. The van der Waals surface area contributed by atoms with E-state index in [1.165, 1.54) is 25.0 Å². The molecule has 2 nitrogen and oxygen atoms in total. The molecule has 1 fully saturated rings. The third-order valence-corrected chi connectivity index (χ3v) is 3.73. The number of benzene rings is 1. The van der Waals surface area contributed by atoms with Crippen LogP contribution >= 0.6 is 0 Å². The highest BCUT2D eigenvalue weighted by Crippen LogP contribution is 2.24. The van der Waals surface area contributed by atoms with Crippen LogP contribution in [-0.4, -0.2) is 19.3 Å². The van der Waals surface area contributed by atoms with Crippen LogP contribution in [-0.2, 0) is 4.74 Å². The third kappa shape index (κ3) is 3.79. The average molecular weight is 251 g/mol. The van der Waals surface area contributed by atoms with Crippen molar-refractivity contribution in [3.05, 3.63) is 35.6 Å². The summed E-state index contributed by atoms with van der Waals surface area (Å²) in [5, 5.41) is 0. The minimum absolute atomic E-state index is 0.186. The second-order valence-corrected chi connectivity index (χ2v) is 5.05. The minimum Gasteiger partial charge on any atom is -0.378 e. The fourth-order valence-electron chi connectivity index (χ4n) is 2.62. The highest BCUT2D eigenvalue weighted by atomic mass is 19.1. The molecule has 1 aromatic carbocycles. The van der Waals surface area contributed by atoms with Gasteiger partial charge in [-0.15, -0.1) is 0 Å². The van der Waals surface area contributed by atoms with Gasteiger partial charge in [0.1, 0.15) is 5.82 Å². The third-order valence-electron chi connectivity index (χ3n) is 3.73. The predicted molar refractivity (Wildman–Crippen MR) is 71.0 cm³/mol. The van der Waals surface area contributed by atoms with E-state index in [2.05, 4.69) is 0 Å². The van der Waals surface area contributed by atoms with Crippen molar-refractivity contribution in [2.24, 2.45) is 5.73 Å². The second-order valence-electron chi connectivity index (χ2n) is 5.05. The van der Waals surface area contributed by atoms with Crippen LogP contribution in [0.2, 0.25) is 0 Å². The standard InChI is InChI=1S/C15H22FNO/c16-14-8-6-12(7-9-14)13(11-17)3-1-4-15-5-2-10-18-15/h6-9,13,15H,1-5,10-11,17H2. The number of hydrogen-bond donors (Lipinski definition) is 1. The smallest absolute Gasteiger partial charge is 0.123 e. The quantitative estimate of drug-likeness (QED) is 0.842. The van der Waals surface area contributed by atoms with Crippen molar-refractivity contribution < 1.29 is 9.13 Å². The van der Waals surface area contributed by atoms with E-state index >= 15 is 0 Å². The Morgan fingerprint density at radius 1 is 1.33 bits per heavy atom. The summed E-state index contributed by atoms with van der Waals surface area (Å²) in [6.07, 6.45) is 6.16. The summed E-state index contributed by atoms with van der Waals surface area (Å²) in [6.45, 7) is 1.54. The van der Waals surface area contributed by atoms with Crippen molar-refractivity contribution in [3.63, 3.8) is 0 Å².